The van der Waals surface area contributed by atoms with Crippen molar-refractivity contribution >= 4 is 23.6 Å². The fraction of sp³-hybridized carbons (Fsp3) is 0.469. The Kier molecular flexibility index (Phi) is 7.82. The van der Waals surface area contributed by atoms with Gasteiger partial charge in [-0.3, -0.25) is 19.8 Å². The number of nitrogens with zero attached hydrogens (tertiary/aromatic N) is 2. The van der Waals surface area contributed by atoms with Gasteiger partial charge in [-0.05, 0) is 105 Å². The number of hydrogen-bond acceptors (Lipinski definition) is 6. The number of likely N-dealkylation sites (tertiary alicyclic amines) is 1. The first-order chi connectivity index (χ1) is 20.0. The second-order valence-corrected chi connectivity index (χ2v) is 12.3. The number of fused-ring (bicyclic) bond motifs is 3. The number of nitrogens with one attached hydrogen (secondary N) is 3. The summed E-state index contributed by atoms with van der Waals surface area (Å²) in [6, 6.07) is 12.6. The molecule has 42 heavy (non-hydrogen) atoms. The number of carbonyl (C=O) groups is 3. The van der Waals surface area contributed by atoms with Crippen LogP contribution in [0.5, 0.6) is 0 Å². The Morgan fingerprint density at radius 2 is 1.60 bits per heavy atom. The molecule has 10 nitrogen and oxygen atoms in total. The van der Waals surface area contributed by atoms with Crippen LogP contribution in [0.4, 0.5) is 0 Å². The molecule has 2 fully saturated rings. The molecule has 2 aliphatic carbocycles. The summed E-state index contributed by atoms with van der Waals surface area (Å²) in [7, 11) is 0. The van der Waals surface area contributed by atoms with Crippen molar-refractivity contribution in [3.8, 4) is 6.07 Å². The van der Waals surface area contributed by atoms with Crippen molar-refractivity contribution in [1.29, 1.82) is 10.7 Å². The topological polar surface area (TPSA) is 178 Å². The first-order valence-electron chi connectivity index (χ1n) is 14.6. The van der Waals surface area contributed by atoms with E-state index >= 15 is 0 Å². The van der Waals surface area contributed by atoms with Gasteiger partial charge in [-0.25, -0.2) is 0 Å². The highest BCUT2D eigenvalue weighted by atomic mass is 16.2. The Hall–Kier alpha value is -4.23. The number of rotatable bonds is 9. The van der Waals surface area contributed by atoms with E-state index in [-0.39, 0.29) is 42.5 Å². The Morgan fingerprint density at radius 3 is 2.10 bits per heavy atom. The predicted molar refractivity (Wildman–Crippen MR) is 159 cm³/mol. The molecule has 0 spiro atoms. The first-order valence-corrected chi connectivity index (χ1v) is 14.6. The highest BCUT2D eigenvalue weighted by Crippen LogP contribution is 2.48. The van der Waals surface area contributed by atoms with Crippen LogP contribution in [0.1, 0.15) is 83.0 Å². The quantitative estimate of drug-likeness (QED) is 0.228. The second-order valence-electron chi connectivity index (χ2n) is 12.3. The number of piperidine rings is 1. The summed E-state index contributed by atoms with van der Waals surface area (Å²) in [6.45, 7) is 6.02. The van der Waals surface area contributed by atoms with Crippen molar-refractivity contribution in [3.63, 3.8) is 0 Å². The van der Waals surface area contributed by atoms with Gasteiger partial charge in [0.15, 0.2) is 0 Å². The van der Waals surface area contributed by atoms with Gasteiger partial charge >= 0.3 is 0 Å². The number of carbonyl (C=O) groups excluding carboxylic acids is 3. The zero-order valence-electron chi connectivity index (χ0n) is 24.4. The maximum absolute atomic E-state index is 13.2. The van der Waals surface area contributed by atoms with Gasteiger partial charge in [-0.15, -0.1) is 0 Å². The summed E-state index contributed by atoms with van der Waals surface area (Å²) in [5.74, 6) is -0.412. The van der Waals surface area contributed by atoms with E-state index in [4.69, 9.17) is 11.5 Å². The molecule has 3 amide bonds. The molecule has 2 aromatic carbocycles. The van der Waals surface area contributed by atoms with Crippen LogP contribution in [0.3, 0.4) is 0 Å². The zero-order chi connectivity index (χ0) is 30.3. The van der Waals surface area contributed by atoms with E-state index in [1.54, 1.807) is 29.2 Å². The summed E-state index contributed by atoms with van der Waals surface area (Å²) in [4.78, 5) is 39.2. The summed E-state index contributed by atoms with van der Waals surface area (Å²) < 4.78 is 0. The van der Waals surface area contributed by atoms with Crippen molar-refractivity contribution < 1.29 is 14.4 Å². The number of amides is 3. The number of primary amides is 2. The van der Waals surface area contributed by atoms with Crippen LogP contribution in [0.15, 0.2) is 36.4 Å². The van der Waals surface area contributed by atoms with Crippen molar-refractivity contribution in [2.75, 3.05) is 6.54 Å². The van der Waals surface area contributed by atoms with Gasteiger partial charge in [0.1, 0.15) is 11.9 Å². The average molecular weight is 570 g/mol. The van der Waals surface area contributed by atoms with E-state index in [1.165, 1.54) is 0 Å². The maximum atomic E-state index is 13.2. The van der Waals surface area contributed by atoms with Gasteiger partial charge in [-0.2, -0.15) is 5.26 Å². The largest absolute Gasteiger partial charge is 0.371 e. The number of hydrogen-bond donors (Lipinski definition) is 5. The van der Waals surface area contributed by atoms with E-state index in [1.807, 2.05) is 32.9 Å². The average Bonchev–Trinajstić information content (AvgIpc) is 3.64. The molecule has 7 N–H and O–H groups in total. The van der Waals surface area contributed by atoms with Crippen LogP contribution in [-0.2, 0) is 23.1 Å². The Morgan fingerprint density at radius 1 is 1.02 bits per heavy atom. The molecule has 10 heteroatoms. The van der Waals surface area contributed by atoms with Crippen LogP contribution >= 0.6 is 0 Å². The lowest BCUT2D eigenvalue weighted by Crippen LogP contribution is -2.52. The third kappa shape index (κ3) is 5.25. The van der Waals surface area contributed by atoms with E-state index < -0.39 is 17.2 Å². The molecule has 3 aliphatic rings. The standard InChI is InChI=1S/C32H39N7O3/c1-17(2)38-31(36)32(14-18(3)37-16-28(40)39-24(15-33)12-23-13-27(23)39)25-8-6-21(29(34)41)10-19(25)4-5-20-11-22(30(35)42)7-9-26(20)32/h6-11,17-18,23-24,27,37H,4-5,12-14,16H2,1-3H3,(H2,34,41)(H2,35,42)(H2,36,38)/t18-,23+,24-,27-/m0/s1. The number of benzene rings is 2. The normalized spacial score (nSPS) is 22.2. The Labute approximate surface area is 246 Å². The monoisotopic (exact) mass is 569 g/mol. The highest BCUT2D eigenvalue weighted by Gasteiger charge is 2.54. The molecule has 5 rings (SSSR count). The first kappa shape index (κ1) is 29.3. The molecule has 0 bridgehead atoms. The lowest BCUT2D eigenvalue weighted by molar-refractivity contribution is -0.131. The van der Waals surface area contributed by atoms with Gasteiger partial charge in [0.25, 0.3) is 0 Å². The van der Waals surface area contributed by atoms with Crippen LogP contribution in [0, 0.1) is 22.7 Å². The predicted octanol–water partition coefficient (Wildman–Crippen LogP) is 2.13. The molecule has 4 atom stereocenters. The summed E-state index contributed by atoms with van der Waals surface area (Å²) in [6.07, 6.45) is 3.29. The van der Waals surface area contributed by atoms with Crippen molar-refractivity contribution in [1.82, 2.24) is 15.5 Å². The molecular formula is C32H39N7O3. The van der Waals surface area contributed by atoms with E-state index in [2.05, 4.69) is 16.7 Å². The van der Waals surface area contributed by atoms with Gasteiger partial charge in [0, 0.05) is 29.3 Å². The van der Waals surface area contributed by atoms with Crippen LogP contribution in [0.2, 0.25) is 0 Å². The van der Waals surface area contributed by atoms with Crippen LogP contribution in [-0.4, -0.2) is 59.2 Å². The van der Waals surface area contributed by atoms with Crippen LogP contribution in [0.25, 0.3) is 0 Å². The molecule has 220 valence electrons. The summed E-state index contributed by atoms with van der Waals surface area (Å²) >= 11 is 0. The van der Waals surface area contributed by atoms with Gasteiger partial charge in [0.05, 0.1) is 18.0 Å². The smallest absolute Gasteiger partial charge is 0.248 e. The highest BCUT2D eigenvalue weighted by molar-refractivity contribution is 5.98. The van der Waals surface area contributed by atoms with Crippen molar-refractivity contribution in [2.45, 2.75) is 82.5 Å². The minimum atomic E-state index is -0.988. The fourth-order valence-corrected chi connectivity index (χ4v) is 6.97. The van der Waals surface area contributed by atoms with Crippen molar-refractivity contribution in [3.05, 3.63) is 69.8 Å². The number of aryl methyl sites for hydroxylation is 2. The third-order valence-corrected chi connectivity index (χ3v) is 8.98. The molecule has 0 unspecified atom stereocenters. The van der Waals surface area contributed by atoms with Crippen LogP contribution < -0.4 is 22.1 Å². The Bertz CT molecular complexity index is 1430. The molecule has 1 saturated carbocycles. The molecule has 2 aromatic rings. The van der Waals surface area contributed by atoms with E-state index in [9.17, 15) is 25.1 Å². The SMILES string of the molecule is CC(C)NC(=N)C1(C[C@H](C)NCC(=O)N2[C@H](C#N)C[C@@H]3C[C@@H]32)c2ccc(C(N)=O)cc2CCc2cc(C(N)=O)ccc21. The molecule has 1 saturated heterocycles. The molecule has 1 aliphatic heterocycles. The minimum absolute atomic E-state index is 0.0336. The molecular weight excluding hydrogens is 530 g/mol. The number of nitriles is 1. The molecule has 1 heterocycles. The van der Waals surface area contributed by atoms with E-state index in [0.717, 1.165) is 35.1 Å². The van der Waals surface area contributed by atoms with Gasteiger partial charge < -0.3 is 27.0 Å². The number of nitrogens with two attached hydrogens (primary N) is 2. The summed E-state index contributed by atoms with van der Waals surface area (Å²) in [5, 5.41) is 25.8. The van der Waals surface area contributed by atoms with Gasteiger partial charge in [0.2, 0.25) is 17.7 Å². The maximum Gasteiger partial charge on any atom is 0.248 e. The molecule has 0 aromatic heterocycles. The third-order valence-electron chi connectivity index (χ3n) is 8.98. The van der Waals surface area contributed by atoms with E-state index in [0.29, 0.717) is 36.3 Å². The fourth-order valence-electron chi connectivity index (χ4n) is 6.97. The lowest BCUT2D eigenvalue weighted by atomic mass is 9.67. The molecule has 0 radical (unpaired) electrons. The minimum Gasteiger partial charge on any atom is -0.371 e. The number of amidine groups is 1. The zero-order valence-corrected chi connectivity index (χ0v) is 24.4. The Balaban J connectivity index is 1.56. The van der Waals surface area contributed by atoms with Crippen molar-refractivity contribution in [2.24, 2.45) is 17.4 Å². The van der Waals surface area contributed by atoms with Gasteiger partial charge in [-0.1, -0.05) is 12.1 Å². The second kappa shape index (κ2) is 11.2. The summed E-state index contributed by atoms with van der Waals surface area (Å²) in [5.41, 5.74) is 14.6. The lowest BCUT2D eigenvalue weighted by Gasteiger charge is -2.40.